The van der Waals surface area contributed by atoms with Gasteiger partial charge in [0.15, 0.2) is 16.6 Å². The molecule has 2 aromatic heterocycles. The molecule has 45 heavy (non-hydrogen) atoms. The number of aromatic amines is 2. The van der Waals surface area contributed by atoms with E-state index in [1.165, 1.54) is 12.0 Å². The Hall–Kier alpha value is -5.03. The molecule has 7 rings (SSSR count). The Morgan fingerprint density at radius 3 is 2.29 bits per heavy atom. The van der Waals surface area contributed by atoms with Crippen molar-refractivity contribution in [2.75, 3.05) is 28.4 Å². The summed E-state index contributed by atoms with van der Waals surface area (Å²) < 4.78 is 22.3. The van der Waals surface area contributed by atoms with E-state index in [0.717, 1.165) is 44.2 Å². The molecule has 0 spiro atoms. The number of nitrogens with one attached hydrogen (secondary N) is 2. The average molecular weight is 625 g/mol. The van der Waals surface area contributed by atoms with Crippen molar-refractivity contribution >= 4 is 51.0 Å². The summed E-state index contributed by atoms with van der Waals surface area (Å²) >= 11 is 6.12. The lowest BCUT2D eigenvalue weighted by Crippen LogP contribution is -2.47. The zero-order chi connectivity index (χ0) is 31.4. The smallest absolute Gasteiger partial charge is 0.329 e. The Kier molecular flexibility index (Phi) is 7.12. The van der Waals surface area contributed by atoms with Gasteiger partial charge in [-0.15, -0.1) is 0 Å². The number of hydrogen-bond donors (Lipinski definition) is 2. The van der Waals surface area contributed by atoms with Crippen LogP contribution in [0.15, 0.2) is 66.9 Å². The Morgan fingerprint density at radius 2 is 1.62 bits per heavy atom. The van der Waals surface area contributed by atoms with Crippen molar-refractivity contribution in [1.29, 1.82) is 0 Å². The van der Waals surface area contributed by atoms with E-state index in [1.54, 1.807) is 21.3 Å². The summed E-state index contributed by atoms with van der Waals surface area (Å²) in [4.78, 5) is 38.2. The van der Waals surface area contributed by atoms with Gasteiger partial charge in [-0.1, -0.05) is 36.4 Å². The van der Waals surface area contributed by atoms with Crippen LogP contribution in [0.2, 0.25) is 0 Å². The summed E-state index contributed by atoms with van der Waals surface area (Å²) in [5.74, 6) is 0.630. The number of aromatic nitrogens is 2. The van der Waals surface area contributed by atoms with Gasteiger partial charge in [0, 0.05) is 46.5 Å². The third-order valence-electron chi connectivity index (χ3n) is 8.96. The molecular formula is C34H32N4O6S. The summed E-state index contributed by atoms with van der Waals surface area (Å²) in [6, 6.07) is 17.5. The summed E-state index contributed by atoms with van der Waals surface area (Å²) in [6.07, 6.45) is 2.51. The van der Waals surface area contributed by atoms with Gasteiger partial charge in [-0.3, -0.25) is 9.69 Å². The van der Waals surface area contributed by atoms with Crippen LogP contribution in [0.3, 0.4) is 0 Å². The summed E-state index contributed by atoms with van der Waals surface area (Å²) in [5.41, 5.74) is 5.50. The van der Waals surface area contributed by atoms with Crippen LogP contribution in [0, 0.1) is 0 Å². The summed E-state index contributed by atoms with van der Waals surface area (Å²) in [7, 11) is 6.02. The van der Waals surface area contributed by atoms with Gasteiger partial charge in [-0.2, -0.15) is 0 Å². The molecule has 0 unspecified atom stereocenters. The number of benzene rings is 3. The third-order valence-corrected chi connectivity index (χ3v) is 9.36. The molecule has 1 amide bonds. The van der Waals surface area contributed by atoms with Gasteiger partial charge >= 0.3 is 5.97 Å². The molecular weight excluding hydrogens is 592 g/mol. The number of esters is 1. The largest absolute Gasteiger partial charge is 0.493 e. The molecule has 2 aliphatic rings. The van der Waals surface area contributed by atoms with Crippen molar-refractivity contribution in [3.8, 4) is 17.2 Å². The Bertz CT molecular complexity index is 1960. The maximum Gasteiger partial charge on any atom is 0.329 e. The van der Waals surface area contributed by atoms with Crippen LogP contribution in [-0.4, -0.2) is 77.3 Å². The first-order valence-electron chi connectivity index (χ1n) is 14.6. The highest BCUT2D eigenvalue weighted by atomic mass is 32.1. The van der Waals surface area contributed by atoms with Crippen molar-refractivity contribution in [2.24, 2.45) is 0 Å². The lowest BCUT2D eigenvalue weighted by atomic mass is 9.88. The number of amides is 1. The lowest BCUT2D eigenvalue weighted by Gasteiger charge is -2.38. The monoisotopic (exact) mass is 624 g/mol. The predicted molar refractivity (Wildman–Crippen MR) is 173 cm³/mol. The number of hydrogen-bond acceptors (Lipinski definition) is 7. The first-order chi connectivity index (χ1) is 21.9. The van der Waals surface area contributed by atoms with Gasteiger partial charge in [0.25, 0.3) is 5.91 Å². The van der Waals surface area contributed by atoms with E-state index < -0.39 is 24.1 Å². The van der Waals surface area contributed by atoms with Crippen LogP contribution in [0.4, 0.5) is 0 Å². The quantitative estimate of drug-likeness (QED) is 0.185. The third kappa shape index (κ3) is 4.40. The van der Waals surface area contributed by atoms with Crippen molar-refractivity contribution < 1.29 is 28.5 Å². The number of para-hydroxylation sites is 2. The zero-order valence-electron chi connectivity index (χ0n) is 25.2. The molecule has 5 aromatic rings. The first kappa shape index (κ1) is 28.7. The van der Waals surface area contributed by atoms with E-state index in [4.69, 9.17) is 31.2 Å². The van der Waals surface area contributed by atoms with Crippen LogP contribution in [-0.2, 0) is 27.2 Å². The molecule has 0 saturated carbocycles. The fourth-order valence-corrected chi connectivity index (χ4v) is 7.36. The molecule has 1 fully saturated rings. The molecule has 0 radical (unpaired) electrons. The molecule has 4 heterocycles. The topological polar surface area (TPSA) is 109 Å². The fraction of sp³-hybridized carbons (Fsp3) is 0.265. The van der Waals surface area contributed by atoms with Gasteiger partial charge in [0.05, 0.1) is 34.5 Å². The molecule has 11 heteroatoms. The molecule has 1 saturated heterocycles. The molecule has 0 aliphatic carbocycles. The molecule has 3 atom stereocenters. The SMILES string of the molecule is COC(=O)[C@H](Cc1c[nH]c2ccccc12)N1C(=O)[C@@H]2Cc3c([nH]c4ccccc34)[C@@H](c3cc(OC)c(OC)c(OC)c3)N2C1=S. The number of H-pyrrole nitrogens is 2. The van der Waals surface area contributed by atoms with Crippen LogP contribution in [0.1, 0.15) is 28.4 Å². The van der Waals surface area contributed by atoms with Gasteiger partial charge in [0.1, 0.15) is 12.1 Å². The van der Waals surface area contributed by atoms with Crippen molar-refractivity contribution in [2.45, 2.75) is 31.0 Å². The minimum atomic E-state index is -0.963. The summed E-state index contributed by atoms with van der Waals surface area (Å²) in [5, 5.41) is 2.26. The van der Waals surface area contributed by atoms with E-state index in [9.17, 15) is 9.59 Å². The highest BCUT2D eigenvalue weighted by Gasteiger charge is 2.53. The van der Waals surface area contributed by atoms with Gasteiger partial charge in [-0.05, 0) is 53.2 Å². The van der Waals surface area contributed by atoms with Crippen molar-refractivity contribution in [3.05, 3.63) is 89.2 Å². The standard InChI is InChI=1S/C34H32N4O6S/c1-41-27-14-18(15-28(42-2)31(27)43-3)30-29-22(21-10-6-8-12-24(21)36-29)16-25-32(39)38(34(45)37(25)30)26(33(40)44-4)13-19-17-35-23-11-7-5-9-20(19)23/h5-12,14-15,17,25-26,30,35-36H,13,16H2,1-4H3/t25-,26-,30+/m0/s1. The second-order valence-electron chi connectivity index (χ2n) is 11.1. The Balaban J connectivity index is 1.38. The number of carbonyl (C=O) groups excluding carboxylic acids is 2. The Morgan fingerprint density at radius 1 is 0.956 bits per heavy atom. The zero-order valence-corrected chi connectivity index (χ0v) is 26.1. The molecule has 0 bridgehead atoms. The van der Waals surface area contributed by atoms with E-state index in [-0.39, 0.29) is 17.4 Å². The first-order valence-corrected chi connectivity index (χ1v) is 15.0. The van der Waals surface area contributed by atoms with Crippen LogP contribution in [0.5, 0.6) is 17.2 Å². The van der Waals surface area contributed by atoms with E-state index in [0.29, 0.717) is 23.7 Å². The second-order valence-corrected chi connectivity index (χ2v) is 11.5. The maximum absolute atomic E-state index is 14.5. The summed E-state index contributed by atoms with van der Waals surface area (Å²) in [6.45, 7) is 0. The highest BCUT2D eigenvalue weighted by Crippen LogP contribution is 2.48. The average Bonchev–Trinajstić information content (AvgIpc) is 3.73. The number of fused-ring (bicyclic) bond motifs is 5. The van der Waals surface area contributed by atoms with Crippen LogP contribution in [0.25, 0.3) is 21.8 Å². The molecule has 10 nitrogen and oxygen atoms in total. The van der Waals surface area contributed by atoms with Crippen LogP contribution >= 0.6 is 12.2 Å². The van der Waals surface area contributed by atoms with Gasteiger partial charge in [0.2, 0.25) is 5.75 Å². The number of rotatable bonds is 8. The van der Waals surface area contributed by atoms with E-state index >= 15 is 0 Å². The molecule has 230 valence electrons. The van der Waals surface area contributed by atoms with E-state index in [2.05, 4.69) is 16.0 Å². The lowest BCUT2D eigenvalue weighted by molar-refractivity contribution is -0.149. The van der Waals surface area contributed by atoms with Crippen molar-refractivity contribution in [1.82, 2.24) is 19.8 Å². The van der Waals surface area contributed by atoms with Crippen LogP contribution < -0.4 is 14.2 Å². The maximum atomic E-state index is 14.5. The molecule has 2 N–H and O–H groups in total. The van der Waals surface area contributed by atoms with E-state index in [1.807, 2.05) is 65.7 Å². The number of carbonyl (C=O) groups is 2. The number of methoxy groups -OCH3 is 4. The normalized spacial score (nSPS) is 18.2. The fourth-order valence-electron chi connectivity index (χ4n) is 6.91. The predicted octanol–water partition coefficient (Wildman–Crippen LogP) is 4.90. The highest BCUT2D eigenvalue weighted by molar-refractivity contribution is 7.80. The Labute approximate surface area is 264 Å². The minimum absolute atomic E-state index is 0.228. The van der Waals surface area contributed by atoms with Gasteiger partial charge < -0.3 is 33.8 Å². The minimum Gasteiger partial charge on any atom is -0.493 e. The number of ether oxygens (including phenoxy) is 4. The second kappa shape index (κ2) is 11.2. The number of nitrogens with zero attached hydrogens (tertiary/aromatic N) is 2. The van der Waals surface area contributed by atoms with Gasteiger partial charge in [-0.25, -0.2) is 4.79 Å². The number of thiocarbonyl (C=S) groups is 1. The molecule has 3 aromatic carbocycles. The van der Waals surface area contributed by atoms with Crippen molar-refractivity contribution in [3.63, 3.8) is 0 Å². The molecule has 2 aliphatic heterocycles.